The average molecular weight is 673 g/mol. The first kappa shape index (κ1) is 29.9. The lowest BCUT2D eigenvalue weighted by molar-refractivity contribution is -0.588. The van der Waals surface area contributed by atoms with Crippen molar-refractivity contribution in [2.45, 2.75) is 26.1 Å². The molecule has 1 unspecified atom stereocenters. The van der Waals surface area contributed by atoms with Crippen LogP contribution in [0.3, 0.4) is 0 Å². The Bertz CT molecular complexity index is 2850. The van der Waals surface area contributed by atoms with E-state index in [0.717, 1.165) is 24.2 Å². The monoisotopic (exact) mass is 672 g/mol. The van der Waals surface area contributed by atoms with Crippen molar-refractivity contribution in [3.8, 4) is 11.1 Å². The summed E-state index contributed by atoms with van der Waals surface area (Å²) in [7, 11) is 0. The third kappa shape index (κ3) is 5.14. The third-order valence-corrected chi connectivity index (χ3v) is 11.6. The average Bonchev–Trinajstić information content (AvgIpc) is 3.56. The Morgan fingerprint density at radius 3 is 2.25 bits per heavy atom. The molecule has 7 aromatic carbocycles. The van der Waals surface area contributed by atoms with Gasteiger partial charge in [0.2, 0.25) is 0 Å². The number of nitrogens with zero attached hydrogens (tertiary/aromatic N) is 3. The predicted molar refractivity (Wildman–Crippen MR) is 217 cm³/mol. The van der Waals surface area contributed by atoms with Crippen molar-refractivity contribution in [3.05, 3.63) is 175 Å². The molecule has 0 N–H and O–H groups in total. The first-order valence-electron chi connectivity index (χ1n) is 17.6. The van der Waals surface area contributed by atoms with Crippen LogP contribution in [-0.2, 0) is 6.54 Å². The van der Waals surface area contributed by atoms with Crippen LogP contribution in [0, 0.1) is 0 Å². The van der Waals surface area contributed by atoms with Crippen molar-refractivity contribution < 1.29 is 4.58 Å². The summed E-state index contributed by atoms with van der Waals surface area (Å²) >= 11 is 1.88. The van der Waals surface area contributed by atoms with Gasteiger partial charge in [0.15, 0.2) is 12.3 Å². The number of hydrogen-bond acceptors (Lipinski definition) is 3. The maximum atomic E-state index is 5.49. The van der Waals surface area contributed by atoms with Crippen LogP contribution in [0.15, 0.2) is 163 Å². The summed E-state index contributed by atoms with van der Waals surface area (Å²) in [5, 5.41) is 8.85. The molecule has 242 valence electrons. The molecule has 3 nitrogen and oxygen atoms in total. The number of aliphatic imine (C=N–C) groups is 1. The van der Waals surface area contributed by atoms with E-state index in [1.807, 2.05) is 23.6 Å². The summed E-state index contributed by atoms with van der Waals surface area (Å²) < 4.78 is 5.17. The van der Waals surface area contributed by atoms with Crippen molar-refractivity contribution in [2.75, 3.05) is 0 Å². The number of hydrogen-bond donors (Lipinski definition) is 0. The molecule has 0 amide bonds. The first-order chi connectivity index (χ1) is 25.2. The fourth-order valence-corrected chi connectivity index (χ4v) is 9.16. The molecule has 9 aromatic rings. The Morgan fingerprint density at radius 2 is 1.37 bits per heavy atom. The van der Waals surface area contributed by atoms with Gasteiger partial charge in [-0.1, -0.05) is 109 Å². The molecule has 3 heterocycles. The van der Waals surface area contributed by atoms with E-state index in [9.17, 15) is 0 Å². The molecule has 0 saturated heterocycles. The minimum Gasteiger partial charge on any atom is -0.256 e. The van der Waals surface area contributed by atoms with Crippen LogP contribution in [-0.4, -0.2) is 21.0 Å². The lowest BCUT2D eigenvalue weighted by Crippen LogP contribution is -2.30. The SMILES string of the molecule is CC1=[N+](Cc2ccc3c(c2)sc2ccccc23)C(c2ccc(-c3cc4ccccc4c4c3ccc3ncccc34)cc2)N=C(c2ccccc2)C1. The highest BCUT2D eigenvalue weighted by Gasteiger charge is 2.31. The first-order valence-corrected chi connectivity index (χ1v) is 18.4. The van der Waals surface area contributed by atoms with E-state index < -0.39 is 0 Å². The lowest BCUT2D eigenvalue weighted by atomic mass is 9.91. The van der Waals surface area contributed by atoms with E-state index in [-0.39, 0.29) is 6.17 Å². The zero-order valence-electron chi connectivity index (χ0n) is 28.3. The van der Waals surface area contributed by atoms with Gasteiger partial charge >= 0.3 is 0 Å². The number of rotatable bonds is 5. The van der Waals surface area contributed by atoms with Gasteiger partial charge in [0, 0.05) is 49.8 Å². The highest BCUT2D eigenvalue weighted by molar-refractivity contribution is 7.25. The van der Waals surface area contributed by atoms with Crippen LogP contribution < -0.4 is 0 Å². The molecular weight excluding hydrogens is 639 g/mol. The Balaban J connectivity index is 1.08. The summed E-state index contributed by atoms with van der Waals surface area (Å²) in [4.78, 5) is 10.2. The van der Waals surface area contributed by atoms with E-state index in [1.54, 1.807) is 0 Å². The Labute approximate surface area is 300 Å². The smallest absolute Gasteiger partial charge is 0.256 e. The minimum absolute atomic E-state index is 0.135. The number of pyridine rings is 1. The van der Waals surface area contributed by atoms with Crippen molar-refractivity contribution in [1.29, 1.82) is 0 Å². The molecule has 0 saturated carbocycles. The molecule has 0 aliphatic carbocycles. The van der Waals surface area contributed by atoms with Crippen LogP contribution >= 0.6 is 11.3 Å². The molecule has 0 spiro atoms. The Kier molecular flexibility index (Phi) is 7.10. The number of benzene rings is 7. The highest BCUT2D eigenvalue weighted by Crippen LogP contribution is 2.40. The third-order valence-electron chi connectivity index (χ3n) is 10.5. The lowest BCUT2D eigenvalue weighted by Gasteiger charge is -2.22. The van der Waals surface area contributed by atoms with E-state index in [0.29, 0.717) is 0 Å². The molecular formula is C47H34N3S+. The second-order valence-electron chi connectivity index (χ2n) is 13.6. The van der Waals surface area contributed by atoms with Crippen LogP contribution in [0.1, 0.15) is 36.2 Å². The number of fused-ring (bicyclic) bond motifs is 8. The molecule has 4 heteroatoms. The second-order valence-corrected chi connectivity index (χ2v) is 14.7. The molecule has 0 fully saturated rings. The van der Waals surface area contributed by atoms with Gasteiger partial charge in [-0.15, -0.1) is 11.3 Å². The van der Waals surface area contributed by atoms with Gasteiger partial charge in [0.1, 0.15) is 0 Å². The molecule has 1 aliphatic rings. The summed E-state index contributed by atoms with van der Waals surface area (Å²) in [5.41, 5.74) is 9.60. The fourth-order valence-electron chi connectivity index (χ4n) is 7.99. The molecule has 2 aromatic heterocycles. The van der Waals surface area contributed by atoms with E-state index in [1.165, 1.54) is 80.6 Å². The van der Waals surface area contributed by atoms with Gasteiger partial charge in [-0.05, 0) is 80.7 Å². The van der Waals surface area contributed by atoms with Crippen molar-refractivity contribution >= 4 is 75.4 Å². The molecule has 51 heavy (non-hydrogen) atoms. The minimum atomic E-state index is -0.135. The van der Waals surface area contributed by atoms with E-state index in [2.05, 4.69) is 162 Å². The van der Waals surface area contributed by atoms with Crippen molar-refractivity contribution in [2.24, 2.45) is 4.99 Å². The van der Waals surface area contributed by atoms with Gasteiger partial charge in [-0.3, -0.25) is 4.98 Å². The maximum Gasteiger partial charge on any atom is 0.272 e. The Morgan fingerprint density at radius 1 is 0.627 bits per heavy atom. The second kappa shape index (κ2) is 12.1. The zero-order valence-corrected chi connectivity index (χ0v) is 29.1. The topological polar surface area (TPSA) is 28.3 Å². The summed E-state index contributed by atoms with van der Waals surface area (Å²) in [5.74, 6) is 0. The van der Waals surface area contributed by atoms with Crippen LogP contribution in [0.2, 0.25) is 0 Å². The molecule has 1 aliphatic heterocycles. The predicted octanol–water partition coefficient (Wildman–Crippen LogP) is 12.1. The van der Waals surface area contributed by atoms with Crippen LogP contribution in [0.25, 0.3) is 63.7 Å². The van der Waals surface area contributed by atoms with Gasteiger partial charge in [0.25, 0.3) is 6.17 Å². The normalized spacial score (nSPS) is 15.0. The van der Waals surface area contributed by atoms with Gasteiger partial charge in [0.05, 0.1) is 17.6 Å². The summed E-state index contributed by atoms with van der Waals surface area (Å²) in [6.07, 6.45) is 2.57. The quantitative estimate of drug-likeness (QED) is 0.132. The summed E-state index contributed by atoms with van der Waals surface area (Å²) in [6.45, 7) is 3.07. The number of aromatic nitrogens is 1. The molecule has 0 bridgehead atoms. The summed E-state index contributed by atoms with van der Waals surface area (Å²) in [6, 6.07) is 55.2. The van der Waals surface area contributed by atoms with Crippen LogP contribution in [0.4, 0.5) is 0 Å². The van der Waals surface area contributed by atoms with Gasteiger partial charge in [-0.2, -0.15) is 0 Å². The van der Waals surface area contributed by atoms with E-state index in [4.69, 9.17) is 4.99 Å². The van der Waals surface area contributed by atoms with Crippen molar-refractivity contribution in [1.82, 2.24) is 4.98 Å². The van der Waals surface area contributed by atoms with Gasteiger partial charge < -0.3 is 0 Å². The Hall–Kier alpha value is -5.97. The van der Waals surface area contributed by atoms with E-state index >= 15 is 0 Å². The maximum absolute atomic E-state index is 5.49. The molecule has 0 radical (unpaired) electrons. The van der Waals surface area contributed by atoms with Crippen molar-refractivity contribution in [3.63, 3.8) is 0 Å². The number of thiophene rings is 1. The fraction of sp³-hybridized carbons (Fsp3) is 0.0851. The van der Waals surface area contributed by atoms with Gasteiger partial charge in [-0.25, -0.2) is 9.57 Å². The zero-order chi connectivity index (χ0) is 33.9. The molecule has 1 atom stereocenters. The van der Waals surface area contributed by atoms with Crippen LogP contribution in [0.5, 0.6) is 0 Å². The standard InChI is InChI=1S/C47H34N3S/c1-30-26-43(33-10-3-2-4-11-33)49-47(50(30)29-31-17-22-38-37-14-7-8-16-44(37)51-45(38)27-31)34-20-18-32(19-21-34)41-28-35-12-5-6-13-36(35)46-39(41)23-24-42-40(46)15-9-25-48-42/h2-25,27-28,47H,26,29H2,1H3/q+1. The highest BCUT2D eigenvalue weighted by atomic mass is 32.1. The largest absolute Gasteiger partial charge is 0.272 e. The molecule has 10 rings (SSSR count).